The fourth-order valence-corrected chi connectivity index (χ4v) is 4.48. The highest BCUT2D eigenvalue weighted by Crippen LogP contribution is 2.36. The zero-order valence-corrected chi connectivity index (χ0v) is 15.7. The first-order valence-electron chi connectivity index (χ1n) is 9.58. The number of H-pyrrole nitrogens is 1. The molecule has 0 saturated heterocycles. The van der Waals surface area contributed by atoms with Gasteiger partial charge in [0.2, 0.25) is 0 Å². The van der Waals surface area contributed by atoms with E-state index in [1.165, 1.54) is 4.90 Å². The molecule has 0 atom stereocenters. The quantitative estimate of drug-likeness (QED) is 0.695. The SMILES string of the molecule is CN(CC(F)(F)F)C1CCC(n2c(CCO)nc3cnc4[nH]ccc4c32)CC1. The minimum atomic E-state index is -4.17. The number of nitrogens with zero attached hydrogens (tertiary/aromatic N) is 4. The minimum absolute atomic E-state index is 0.00328. The summed E-state index contributed by atoms with van der Waals surface area (Å²) in [4.78, 5) is 13.6. The van der Waals surface area contributed by atoms with Gasteiger partial charge in [-0.3, -0.25) is 4.90 Å². The van der Waals surface area contributed by atoms with Crippen molar-refractivity contribution in [2.45, 2.75) is 50.4 Å². The number of aromatic nitrogens is 4. The summed E-state index contributed by atoms with van der Waals surface area (Å²) in [7, 11) is 1.55. The Hall–Kier alpha value is -2.13. The van der Waals surface area contributed by atoms with Crippen LogP contribution in [0, 0.1) is 0 Å². The van der Waals surface area contributed by atoms with Gasteiger partial charge in [-0.25, -0.2) is 9.97 Å². The molecule has 6 nitrogen and oxygen atoms in total. The van der Waals surface area contributed by atoms with E-state index in [0.29, 0.717) is 19.3 Å². The molecule has 1 saturated carbocycles. The number of aliphatic hydroxyl groups is 1. The van der Waals surface area contributed by atoms with Crippen molar-refractivity contribution >= 4 is 22.1 Å². The lowest BCUT2D eigenvalue weighted by molar-refractivity contribution is -0.148. The van der Waals surface area contributed by atoms with Crippen LogP contribution in [0.3, 0.4) is 0 Å². The van der Waals surface area contributed by atoms with Crippen LogP contribution in [0.5, 0.6) is 0 Å². The van der Waals surface area contributed by atoms with E-state index in [1.54, 1.807) is 13.2 Å². The smallest absolute Gasteiger partial charge is 0.396 e. The maximum atomic E-state index is 12.7. The largest absolute Gasteiger partial charge is 0.401 e. The second kappa shape index (κ2) is 7.36. The van der Waals surface area contributed by atoms with E-state index < -0.39 is 12.7 Å². The van der Waals surface area contributed by atoms with Crippen molar-refractivity contribution in [1.29, 1.82) is 0 Å². The van der Waals surface area contributed by atoms with Gasteiger partial charge in [-0.2, -0.15) is 13.2 Å². The number of aromatic amines is 1. The monoisotopic (exact) mass is 395 g/mol. The van der Waals surface area contributed by atoms with E-state index in [0.717, 1.165) is 40.7 Å². The Labute approximate surface area is 160 Å². The summed E-state index contributed by atoms with van der Waals surface area (Å²) in [5.41, 5.74) is 2.55. The van der Waals surface area contributed by atoms with Crippen molar-refractivity contribution in [3.63, 3.8) is 0 Å². The summed E-state index contributed by atoms with van der Waals surface area (Å²) < 4.78 is 40.3. The molecule has 0 unspecified atom stereocenters. The first kappa shape index (κ1) is 19.2. The molecule has 0 aromatic carbocycles. The molecule has 1 aliphatic rings. The van der Waals surface area contributed by atoms with Gasteiger partial charge < -0.3 is 14.7 Å². The average Bonchev–Trinajstić information content (AvgIpc) is 3.24. The summed E-state index contributed by atoms with van der Waals surface area (Å²) in [6, 6.07) is 2.05. The van der Waals surface area contributed by atoms with Gasteiger partial charge in [-0.05, 0) is 38.8 Å². The maximum Gasteiger partial charge on any atom is 0.401 e. The highest BCUT2D eigenvalue weighted by atomic mass is 19.4. The van der Waals surface area contributed by atoms with Crippen molar-refractivity contribution in [1.82, 2.24) is 24.4 Å². The fraction of sp³-hybridized carbons (Fsp3) is 0.579. The Morgan fingerprint density at radius 2 is 2.04 bits per heavy atom. The van der Waals surface area contributed by atoms with Crippen LogP contribution in [-0.2, 0) is 6.42 Å². The van der Waals surface area contributed by atoms with E-state index in [4.69, 9.17) is 0 Å². The lowest BCUT2D eigenvalue weighted by atomic mass is 9.90. The highest BCUT2D eigenvalue weighted by molar-refractivity contribution is 6.01. The predicted octanol–water partition coefficient (Wildman–Crippen LogP) is 3.43. The number of alkyl halides is 3. The van der Waals surface area contributed by atoms with Gasteiger partial charge in [0.25, 0.3) is 0 Å². The third-order valence-electron chi connectivity index (χ3n) is 5.73. The molecule has 0 radical (unpaired) electrons. The van der Waals surface area contributed by atoms with E-state index in [2.05, 4.69) is 19.5 Å². The van der Waals surface area contributed by atoms with Crippen LogP contribution < -0.4 is 0 Å². The molecule has 3 heterocycles. The Bertz CT molecular complexity index is 956. The number of halogens is 3. The van der Waals surface area contributed by atoms with Gasteiger partial charge >= 0.3 is 6.18 Å². The fourth-order valence-electron chi connectivity index (χ4n) is 4.48. The number of aliphatic hydroxyl groups excluding tert-OH is 1. The zero-order valence-electron chi connectivity index (χ0n) is 15.7. The first-order valence-corrected chi connectivity index (χ1v) is 9.58. The molecule has 0 aliphatic heterocycles. The Morgan fingerprint density at radius 3 is 2.71 bits per heavy atom. The van der Waals surface area contributed by atoms with Crippen molar-refractivity contribution in [3.05, 3.63) is 24.3 Å². The molecule has 1 fully saturated rings. The number of rotatable bonds is 5. The second-order valence-corrected chi connectivity index (χ2v) is 7.60. The molecular formula is C19H24F3N5O. The Kier molecular flexibility index (Phi) is 5.05. The molecule has 2 N–H and O–H groups in total. The summed E-state index contributed by atoms with van der Waals surface area (Å²) in [6.07, 6.45) is 2.81. The molecule has 0 amide bonds. The van der Waals surface area contributed by atoms with Crippen LogP contribution in [0.15, 0.2) is 18.5 Å². The molecule has 9 heteroatoms. The summed E-state index contributed by atoms with van der Waals surface area (Å²) in [6.45, 7) is -0.877. The molecule has 1 aliphatic carbocycles. The van der Waals surface area contributed by atoms with Crippen molar-refractivity contribution < 1.29 is 18.3 Å². The predicted molar refractivity (Wildman–Crippen MR) is 100 cm³/mol. The number of hydrogen-bond donors (Lipinski definition) is 2. The Balaban J connectivity index is 1.62. The van der Waals surface area contributed by atoms with Crippen LogP contribution in [0.4, 0.5) is 13.2 Å². The molecule has 152 valence electrons. The van der Waals surface area contributed by atoms with Crippen LogP contribution in [0.25, 0.3) is 22.1 Å². The Morgan fingerprint density at radius 1 is 1.29 bits per heavy atom. The van der Waals surface area contributed by atoms with Crippen molar-refractivity contribution in [3.8, 4) is 0 Å². The number of fused-ring (bicyclic) bond motifs is 3. The van der Waals surface area contributed by atoms with Gasteiger partial charge in [0.1, 0.15) is 17.0 Å². The van der Waals surface area contributed by atoms with Crippen molar-refractivity contribution in [2.24, 2.45) is 0 Å². The summed E-state index contributed by atoms with van der Waals surface area (Å²) >= 11 is 0. The minimum Gasteiger partial charge on any atom is -0.396 e. The van der Waals surface area contributed by atoms with Gasteiger partial charge in [0.05, 0.1) is 24.9 Å². The average molecular weight is 395 g/mol. The van der Waals surface area contributed by atoms with E-state index >= 15 is 0 Å². The maximum absolute atomic E-state index is 12.7. The molecule has 3 aromatic heterocycles. The summed E-state index contributed by atoms with van der Waals surface area (Å²) in [5.74, 6) is 0.806. The lowest BCUT2D eigenvalue weighted by Crippen LogP contribution is -2.41. The molecule has 0 bridgehead atoms. The topological polar surface area (TPSA) is 70.0 Å². The van der Waals surface area contributed by atoms with E-state index in [1.807, 2.05) is 12.3 Å². The standard InChI is InChI=1S/C19H24F3N5O/c1-26(11-19(20,21)22)12-2-4-13(5-3-12)27-16(7-9-28)25-15-10-24-18-14(17(15)27)6-8-23-18/h6,8,10,12-13,28H,2-5,7,9,11H2,1H3,(H,23,24). The molecule has 4 rings (SSSR count). The molecular weight excluding hydrogens is 371 g/mol. The van der Waals surface area contributed by atoms with Crippen molar-refractivity contribution in [2.75, 3.05) is 20.2 Å². The van der Waals surface area contributed by atoms with Crippen LogP contribution in [0.2, 0.25) is 0 Å². The number of hydrogen-bond acceptors (Lipinski definition) is 4. The van der Waals surface area contributed by atoms with Gasteiger partial charge in [-0.1, -0.05) is 0 Å². The van der Waals surface area contributed by atoms with Crippen LogP contribution in [0.1, 0.15) is 37.5 Å². The summed E-state index contributed by atoms with van der Waals surface area (Å²) in [5, 5.41) is 10.5. The molecule has 0 spiro atoms. The van der Waals surface area contributed by atoms with Gasteiger partial charge in [-0.15, -0.1) is 0 Å². The molecule has 28 heavy (non-hydrogen) atoms. The third-order valence-corrected chi connectivity index (χ3v) is 5.73. The molecule has 3 aromatic rings. The number of nitrogens with one attached hydrogen (secondary N) is 1. The van der Waals surface area contributed by atoms with E-state index in [9.17, 15) is 18.3 Å². The lowest BCUT2D eigenvalue weighted by Gasteiger charge is -2.36. The van der Waals surface area contributed by atoms with Crippen LogP contribution >= 0.6 is 0 Å². The van der Waals surface area contributed by atoms with Gasteiger partial charge in [0.15, 0.2) is 0 Å². The van der Waals surface area contributed by atoms with Crippen LogP contribution in [-0.4, -0.2) is 61.9 Å². The van der Waals surface area contributed by atoms with E-state index in [-0.39, 0.29) is 18.7 Å². The highest BCUT2D eigenvalue weighted by Gasteiger charge is 2.34. The normalized spacial score (nSPS) is 21.2. The number of imidazole rings is 1. The van der Waals surface area contributed by atoms with Gasteiger partial charge in [0, 0.05) is 30.1 Å². The third kappa shape index (κ3) is 3.60. The number of pyridine rings is 1. The second-order valence-electron chi connectivity index (χ2n) is 7.60. The zero-order chi connectivity index (χ0) is 19.9. The first-order chi connectivity index (χ1) is 13.4.